The average molecular weight is 323 g/mol. The molecule has 0 atom stereocenters. The molecule has 0 saturated heterocycles. The summed E-state index contributed by atoms with van der Waals surface area (Å²) in [5.74, 6) is -0.993. The van der Waals surface area contributed by atoms with Crippen molar-refractivity contribution >= 4 is 29.1 Å². The van der Waals surface area contributed by atoms with Crippen molar-refractivity contribution in [2.45, 2.75) is 13.3 Å². The Labute approximate surface area is 139 Å². The Morgan fingerprint density at radius 1 is 1.04 bits per heavy atom. The van der Waals surface area contributed by atoms with E-state index in [4.69, 9.17) is 5.73 Å². The fraction of sp³-hybridized carbons (Fsp3) is 0.167. The first kappa shape index (κ1) is 15.7. The van der Waals surface area contributed by atoms with Crippen molar-refractivity contribution in [1.29, 1.82) is 0 Å². The van der Waals surface area contributed by atoms with E-state index >= 15 is 0 Å². The molecule has 1 aliphatic heterocycles. The molecule has 6 heteroatoms. The number of anilines is 2. The van der Waals surface area contributed by atoms with E-state index in [0.717, 1.165) is 10.5 Å². The van der Waals surface area contributed by atoms with Crippen molar-refractivity contribution in [3.05, 3.63) is 59.2 Å². The number of nitrogen functional groups attached to an aromatic ring is 1. The van der Waals surface area contributed by atoms with Gasteiger partial charge in [-0.3, -0.25) is 19.3 Å². The Balaban J connectivity index is 1.64. The van der Waals surface area contributed by atoms with E-state index in [1.165, 1.54) is 0 Å². The molecule has 2 aromatic rings. The number of nitrogens with two attached hydrogens (primary N) is 1. The number of benzene rings is 2. The molecule has 3 amide bonds. The van der Waals surface area contributed by atoms with Gasteiger partial charge >= 0.3 is 0 Å². The highest BCUT2D eigenvalue weighted by atomic mass is 16.2. The molecular weight excluding hydrogens is 306 g/mol. The van der Waals surface area contributed by atoms with E-state index in [1.807, 2.05) is 6.92 Å². The maximum Gasteiger partial charge on any atom is 0.261 e. The lowest BCUT2D eigenvalue weighted by molar-refractivity contribution is -0.116. The standard InChI is InChI=1S/C18H17N3O3/c1-11-14(19)7-4-8-15(11)20-16(22)9-10-21-17(23)12-5-2-3-6-13(12)18(21)24/h2-8H,9-10,19H2,1H3,(H,20,22). The molecule has 3 N–H and O–H groups in total. The molecule has 0 unspecified atom stereocenters. The van der Waals surface area contributed by atoms with E-state index in [2.05, 4.69) is 5.32 Å². The van der Waals surface area contributed by atoms with Gasteiger partial charge < -0.3 is 11.1 Å². The quantitative estimate of drug-likeness (QED) is 0.666. The van der Waals surface area contributed by atoms with Crippen LogP contribution in [0.5, 0.6) is 0 Å². The van der Waals surface area contributed by atoms with Crippen LogP contribution in [-0.2, 0) is 4.79 Å². The van der Waals surface area contributed by atoms with Crippen LogP contribution in [0.2, 0.25) is 0 Å². The second kappa shape index (κ2) is 6.16. The summed E-state index contributed by atoms with van der Waals surface area (Å²) < 4.78 is 0. The molecule has 0 aromatic heterocycles. The molecule has 1 heterocycles. The van der Waals surface area contributed by atoms with Gasteiger partial charge in [-0.05, 0) is 36.8 Å². The van der Waals surface area contributed by atoms with Crippen molar-refractivity contribution < 1.29 is 14.4 Å². The number of carbonyl (C=O) groups excluding carboxylic acids is 3. The summed E-state index contributed by atoms with van der Waals surface area (Å²) in [5.41, 5.74) is 8.58. The van der Waals surface area contributed by atoms with Crippen LogP contribution >= 0.6 is 0 Å². The van der Waals surface area contributed by atoms with Crippen LogP contribution in [0.15, 0.2) is 42.5 Å². The number of amides is 3. The van der Waals surface area contributed by atoms with Gasteiger partial charge in [0.2, 0.25) is 5.91 Å². The first-order valence-electron chi connectivity index (χ1n) is 7.59. The summed E-state index contributed by atoms with van der Waals surface area (Å²) >= 11 is 0. The van der Waals surface area contributed by atoms with Gasteiger partial charge in [-0.15, -0.1) is 0 Å². The van der Waals surface area contributed by atoms with Gasteiger partial charge in [0.05, 0.1) is 11.1 Å². The summed E-state index contributed by atoms with van der Waals surface area (Å²) in [7, 11) is 0. The van der Waals surface area contributed by atoms with Crippen molar-refractivity contribution in [3.8, 4) is 0 Å². The van der Waals surface area contributed by atoms with E-state index in [0.29, 0.717) is 22.5 Å². The lowest BCUT2D eigenvalue weighted by Gasteiger charge is -2.14. The molecule has 6 nitrogen and oxygen atoms in total. The summed E-state index contributed by atoms with van der Waals surface area (Å²) in [5, 5.41) is 2.76. The Kier molecular flexibility index (Phi) is 4.04. The highest BCUT2D eigenvalue weighted by Crippen LogP contribution is 2.23. The van der Waals surface area contributed by atoms with Gasteiger partial charge in [-0.1, -0.05) is 18.2 Å². The minimum atomic E-state index is -0.358. The monoisotopic (exact) mass is 323 g/mol. The van der Waals surface area contributed by atoms with Crippen LogP contribution in [0, 0.1) is 6.92 Å². The molecular formula is C18H17N3O3. The summed E-state index contributed by atoms with van der Waals surface area (Å²) in [6.45, 7) is 1.86. The summed E-state index contributed by atoms with van der Waals surface area (Å²) in [6.07, 6.45) is 0.0275. The van der Waals surface area contributed by atoms with Crippen molar-refractivity contribution in [2.24, 2.45) is 0 Å². The van der Waals surface area contributed by atoms with Crippen LogP contribution in [0.1, 0.15) is 32.7 Å². The summed E-state index contributed by atoms with van der Waals surface area (Å²) in [6, 6.07) is 11.9. The minimum Gasteiger partial charge on any atom is -0.398 e. The molecule has 0 saturated carbocycles. The lowest BCUT2D eigenvalue weighted by atomic mass is 10.1. The Hall–Kier alpha value is -3.15. The highest BCUT2D eigenvalue weighted by molar-refractivity contribution is 6.21. The lowest BCUT2D eigenvalue weighted by Crippen LogP contribution is -2.32. The third-order valence-electron chi connectivity index (χ3n) is 4.09. The van der Waals surface area contributed by atoms with Gasteiger partial charge in [0, 0.05) is 24.3 Å². The second-order valence-electron chi connectivity index (χ2n) is 5.63. The molecule has 1 aliphatic rings. The SMILES string of the molecule is Cc1c(N)cccc1NC(=O)CCN1C(=O)c2ccccc2C1=O. The molecule has 3 rings (SSSR count). The highest BCUT2D eigenvalue weighted by Gasteiger charge is 2.34. The van der Waals surface area contributed by atoms with Gasteiger partial charge in [-0.2, -0.15) is 0 Å². The third kappa shape index (κ3) is 2.74. The molecule has 0 aliphatic carbocycles. The first-order chi connectivity index (χ1) is 11.5. The predicted octanol–water partition coefficient (Wildman–Crippen LogP) is 2.20. The van der Waals surface area contributed by atoms with Crippen molar-refractivity contribution in [1.82, 2.24) is 4.90 Å². The van der Waals surface area contributed by atoms with Crippen LogP contribution < -0.4 is 11.1 Å². The number of rotatable bonds is 4. The molecule has 0 bridgehead atoms. The average Bonchev–Trinajstić information content (AvgIpc) is 2.82. The van der Waals surface area contributed by atoms with Crippen LogP contribution in [-0.4, -0.2) is 29.2 Å². The largest absolute Gasteiger partial charge is 0.398 e. The van der Waals surface area contributed by atoms with Gasteiger partial charge in [-0.25, -0.2) is 0 Å². The van der Waals surface area contributed by atoms with Gasteiger partial charge in [0.25, 0.3) is 11.8 Å². The van der Waals surface area contributed by atoms with Crippen LogP contribution in [0.3, 0.4) is 0 Å². The normalized spacial score (nSPS) is 13.1. The zero-order chi connectivity index (χ0) is 17.3. The topological polar surface area (TPSA) is 92.5 Å². The van der Waals surface area contributed by atoms with E-state index in [-0.39, 0.29) is 30.7 Å². The maximum absolute atomic E-state index is 12.2. The Morgan fingerprint density at radius 3 is 2.29 bits per heavy atom. The van der Waals surface area contributed by atoms with Gasteiger partial charge in [0.15, 0.2) is 0 Å². The number of nitrogens with one attached hydrogen (secondary N) is 1. The first-order valence-corrected chi connectivity index (χ1v) is 7.59. The molecule has 122 valence electrons. The zero-order valence-corrected chi connectivity index (χ0v) is 13.2. The van der Waals surface area contributed by atoms with E-state index < -0.39 is 0 Å². The van der Waals surface area contributed by atoms with E-state index in [1.54, 1.807) is 42.5 Å². The second-order valence-corrected chi connectivity index (χ2v) is 5.63. The number of imide groups is 1. The fourth-order valence-electron chi connectivity index (χ4n) is 2.66. The maximum atomic E-state index is 12.2. The molecule has 24 heavy (non-hydrogen) atoms. The molecule has 2 aromatic carbocycles. The molecule has 0 radical (unpaired) electrons. The van der Waals surface area contributed by atoms with Crippen molar-refractivity contribution in [3.63, 3.8) is 0 Å². The molecule has 0 spiro atoms. The molecule has 0 fully saturated rings. The predicted molar refractivity (Wildman–Crippen MR) is 90.6 cm³/mol. The number of hydrogen-bond donors (Lipinski definition) is 2. The summed E-state index contributed by atoms with van der Waals surface area (Å²) in [4.78, 5) is 37.7. The Morgan fingerprint density at radius 2 is 1.67 bits per heavy atom. The third-order valence-corrected chi connectivity index (χ3v) is 4.09. The minimum absolute atomic E-state index is 0.0275. The van der Waals surface area contributed by atoms with Crippen molar-refractivity contribution in [2.75, 3.05) is 17.6 Å². The number of fused-ring (bicyclic) bond motifs is 1. The zero-order valence-electron chi connectivity index (χ0n) is 13.2. The van der Waals surface area contributed by atoms with E-state index in [9.17, 15) is 14.4 Å². The number of nitrogens with zero attached hydrogens (tertiary/aromatic N) is 1. The Bertz CT molecular complexity index is 810. The van der Waals surface area contributed by atoms with Crippen LogP contribution in [0.25, 0.3) is 0 Å². The number of hydrogen-bond acceptors (Lipinski definition) is 4. The van der Waals surface area contributed by atoms with Crippen LogP contribution in [0.4, 0.5) is 11.4 Å². The number of carbonyl (C=O) groups is 3. The fourth-order valence-corrected chi connectivity index (χ4v) is 2.66. The van der Waals surface area contributed by atoms with Gasteiger partial charge in [0.1, 0.15) is 0 Å². The smallest absolute Gasteiger partial charge is 0.261 e.